The summed E-state index contributed by atoms with van der Waals surface area (Å²) < 4.78 is 35.0. The number of amides is 1. The third kappa shape index (κ3) is 4.42. The number of carbonyl (C=O) groups excluding carboxylic acids is 1. The zero-order valence-corrected chi connectivity index (χ0v) is 17.0. The van der Waals surface area contributed by atoms with E-state index in [-0.39, 0.29) is 36.6 Å². The number of aliphatic hydroxyl groups is 1. The van der Waals surface area contributed by atoms with E-state index in [0.29, 0.717) is 11.3 Å². The van der Waals surface area contributed by atoms with Crippen molar-refractivity contribution in [2.45, 2.75) is 39.5 Å². The number of aromatic nitrogens is 2. The van der Waals surface area contributed by atoms with Gasteiger partial charge in [0.25, 0.3) is 5.91 Å². The third-order valence-corrected chi connectivity index (χ3v) is 4.81. The predicted octanol–water partition coefficient (Wildman–Crippen LogP) is 2.60. The molecule has 2 aromatic heterocycles. The van der Waals surface area contributed by atoms with Crippen molar-refractivity contribution in [3.05, 3.63) is 64.6 Å². The number of imidazole rings is 1. The monoisotopic (exact) mass is 418 g/mol. The van der Waals surface area contributed by atoms with Crippen LogP contribution >= 0.6 is 0 Å². The number of nitrogens with two attached hydrogens (primary N) is 1. The van der Waals surface area contributed by atoms with Crippen LogP contribution in [0.1, 0.15) is 40.7 Å². The highest BCUT2D eigenvalue weighted by Gasteiger charge is 2.23. The minimum atomic E-state index is -1.52. The molecule has 1 amide bonds. The van der Waals surface area contributed by atoms with E-state index in [0.717, 1.165) is 17.7 Å². The van der Waals surface area contributed by atoms with Crippen LogP contribution in [0.25, 0.3) is 5.65 Å². The van der Waals surface area contributed by atoms with E-state index < -0.39 is 23.3 Å². The zero-order chi connectivity index (χ0) is 22.1. The van der Waals surface area contributed by atoms with Crippen molar-refractivity contribution < 1.29 is 23.4 Å². The van der Waals surface area contributed by atoms with Crippen LogP contribution in [0.3, 0.4) is 0 Å². The zero-order valence-electron chi connectivity index (χ0n) is 17.0. The van der Waals surface area contributed by atoms with Gasteiger partial charge in [0, 0.05) is 6.20 Å². The van der Waals surface area contributed by atoms with Crippen LogP contribution in [0.15, 0.2) is 30.5 Å². The number of benzene rings is 1. The van der Waals surface area contributed by atoms with Gasteiger partial charge in [0.05, 0.1) is 17.8 Å². The quantitative estimate of drug-likeness (QED) is 0.512. The molecule has 160 valence electrons. The molecule has 7 nitrogen and oxygen atoms in total. The molecule has 1 unspecified atom stereocenters. The second kappa shape index (κ2) is 8.37. The van der Waals surface area contributed by atoms with E-state index in [4.69, 9.17) is 10.5 Å². The van der Waals surface area contributed by atoms with E-state index in [2.05, 4.69) is 10.3 Å². The molecule has 0 saturated heterocycles. The number of carbonyl (C=O) groups is 1. The first-order chi connectivity index (χ1) is 14.1. The number of hydrogen-bond acceptors (Lipinski definition) is 5. The lowest BCUT2D eigenvalue weighted by molar-refractivity contribution is 0.0406. The van der Waals surface area contributed by atoms with Crippen molar-refractivity contribution in [3.8, 4) is 5.75 Å². The topological polar surface area (TPSA) is 102 Å². The standard InChI is InChI=1S/C21H24F2N4O3/c1-4-21(24,29)11-25-20(28)18-13(3)26-19-17(8-12(2)9-27(18)19)30-10-14-15(22)6-5-7-16(14)23/h5-9,29H,4,10-11,24H2,1-3H3,(H,25,28). The summed E-state index contributed by atoms with van der Waals surface area (Å²) in [6.45, 7) is 4.70. The maximum absolute atomic E-state index is 13.9. The molecule has 1 aromatic carbocycles. The summed E-state index contributed by atoms with van der Waals surface area (Å²) >= 11 is 0. The van der Waals surface area contributed by atoms with E-state index in [1.165, 1.54) is 6.07 Å². The second-order valence-electron chi connectivity index (χ2n) is 7.25. The van der Waals surface area contributed by atoms with E-state index in [1.54, 1.807) is 37.4 Å². The number of aryl methyl sites for hydroxylation is 2. The van der Waals surface area contributed by atoms with E-state index in [9.17, 15) is 18.7 Å². The molecule has 3 aromatic rings. The molecule has 9 heteroatoms. The highest BCUT2D eigenvalue weighted by Crippen LogP contribution is 2.26. The lowest BCUT2D eigenvalue weighted by Gasteiger charge is -2.21. The van der Waals surface area contributed by atoms with Crippen molar-refractivity contribution in [2.24, 2.45) is 5.73 Å². The van der Waals surface area contributed by atoms with Gasteiger partial charge in [-0.2, -0.15) is 0 Å². The number of nitrogens with one attached hydrogen (secondary N) is 1. The maximum Gasteiger partial charge on any atom is 0.270 e. The summed E-state index contributed by atoms with van der Waals surface area (Å²) in [4.78, 5) is 17.1. The predicted molar refractivity (Wildman–Crippen MR) is 107 cm³/mol. The summed E-state index contributed by atoms with van der Waals surface area (Å²) in [5.74, 6) is -1.59. The number of nitrogens with zero attached hydrogens (tertiary/aromatic N) is 2. The lowest BCUT2D eigenvalue weighted by Crippen LogP contribution is -2.49. The van der Waals surface area contributed by atoms with Crippen LogP contribution < -0.4 is 15.8 Å². The van der Waals surface area contributed by atoms with Gasteiger partial charge < -0.3 is 20.9 Å². The van der Waals surface area contributed by atoms with Gasteiger partial charge >= 0.3 is 0 Å². The van der Waals surface area contributed by atoms with Crippen LogP contribution in [0.2, 0.25) is 0 Å². The van der Waals surface area contributed by atoms with Gasteiger partial charge in [0.2, 0.25) is 0 Å². The summed E-state index contributed by atoms with van der Waals surface area (Å²) in [5.41, 5.74) is 5.73. The van der Waals surface area contributed by atoms with Gasteiger partial charge in [-0.3, -0.25) is 9.20 Å². The highest BCUT2D eigenvalue weighted by atomic mass is 19.1. The van der Waals surface area contributed by atoms with Crippen molar-refractivity contribution in [1.29, 1.82) is 0 Å². The Morgan fingerprint density at radius 2 is 2.00 bits per heavy atom. The molecule has 1 atom stereocenters. The Labute approximate surface area is 172 Å². The molecule has 30 heavy (non-hydrogen) atoms. The molecule has 4 N–H and O–H groups in total. The Kier molecular flexibility index (Phi) is 6.04. The first-order valence-electron chi connectivity index (χ1n) is 9.47. The van der Waals surface area contributed by atoms with Crippen LogP contribution in [-0.2, 0) is 6.61 Å². The smallest absolute Gasteiger partial charge is 0.270 e. The Hall–Kier alpha value is -3.04. The third-order valence-electron chi connectivity index (χ3n) is 4.81. The molecule has 0 aliphatic heterocycles. The molecule has 0 aliphatic rings. The first kappa shape index (κ1) is 21.7. The van der Waals surface area contributed by atoms with Gasteiger partial charge in [0.15, 0.2) is 11.4 Å². The van der Waals surface area contributed by atoms with Crippen LogP contribution in [0, 0.1) is 25.5 Å². The van der Waals surface area contributed by atoms with Crippen molar-refractivity contribution in [2.75, 3.05) is 6.54 Å². The van der Waals surface area contributed by atoms with Crippen molar-refractivity contribution >= 4 is 11.6 Å². The normalized spacial score (nSPS) is 13.3. The number of hydrogen-bond donors (Lipinski definition) is 3. The summed E-state index contributed by atoms with van der Waals surface area (Å²) in [6.07, 6.45) is 1.97. The van der Waals surface area contributed by atoms with Crippen molar-refractivity contribution in [3.63, 3.8) is 0 Å². The number of halogens is 2. The van der Waals surface area contributed by atoms with Gasteiger partial charge in [0.1, 0.15) is 29.7 Å². The molecule has 0 bridgehead atoms. The van der Waals surface area contributed by atoms with E-state index >= 15 is 0 Å². The van der Waals surface area contributed by atoms with Crippen LogP contribution in [0.4, 0.5) is 8.78 Å². The van der Waals surface area contributed by atoms with Crippen molar-refractivity contribution in [1.82, 2.24) is 14.7 Å². The minimum absolute atomic E-state index is 0.128. The molecule has 0 aliphatic carbocycles. The number of ether oxygens (including phenoxy) is 1. The minimum Gasteiger partial charge on any atom is -0.485 e. The SMILES string of the molecule is CCC(N)(O)CNC(=O)c1c(C)nc2c(OCc3c(F)cccc3F)cc(C)cn12. The summed E-state index contributed by atoms with van der Waals surface area (Å²) in [6, 6.07) is 5.27. The number of fused-ring (bicyclic) bond motifs is 1. The van der Waals surface area contributed by atoms with Gasteiger partial charge in [-0.1, -0.05) is 13.0 Å². The lowest BCUT2D eigenvalue weighted by atomic mass is 10.2. The van der Waals surface area contributed by atoms with Crippen LogP contribution in [0.5, 0.6) is 5.75 Å². The fourth-order valence-electron chi connectivity index (χ4n) is 3.00. The molecule has 0 spiro atoms. The fraction of sp³-hybridized carbons (Fsp3) is 0.333. The van der Waals surface area contributed by atoms with E-state index in [1.807, 2.05) is 0 Å². The summed E-state index contributed by atoms with van der Waals surface area (Å²) in [7, 11) is 0. The Bertz CT molecular complexity index is 1080. The largest absolute Gasteiger partial charge is 0.485 e. The molecule has 3 rings (SSSR count). The molecule has 2 heterocycles. The fourth-order valence-corrected chi connectivity index (χ4v) is 3.00. The molecular weight excluding hydrogens is 394 g/mol. The Morgan fingerprint density at radius 3 is 2.63 bits per heavy atom. The highest BCUT2D eigenvalue weighted by molar-refractivity contribution is 5.95. The Balaban J connectivity index is 1.93. The van der Waals surface area contributed by atoms with Crippen LogP contribution in [-0.4, -0.2) is 32.7 Å². The Morgan fingerprint density at radius 1 is 1.33 bits per heavy atom. The number of rotatable bonds is 7. The van der Waals surface area contributed by atoms with Gasteiger partial charge in [-0.05, 0) is 44.0 Å². The van der Waals surface area contributed by atoms with Gasteiger partial charge in [-0.15, -0.1) is 0 Å². The average molecular weight is 418 g/mol. The molecular formula is C21H24F2N4O3. The second-order valence-corrected chi connectivity index (χ2v) is 7.25. The van der Waals surface area contributed by atoms with Gasteiger partial charge in [-0.25, -0.2) is 13.8 Å². The average Bonchev–Trinajstić information content (AvgIpc) is 3.01. The molecule has 0 fully saturated rings. The maximum atomic E-state index is 13.9. The first-order valence-corrected chi connectivity index (χ1v) is 9.47. The summed E-state index contributed by atoms with van der Waals surface area (Å²) in [5, 5.41) is 12.5. The number of pyridine rings is 1. The molecule has 0 saturated carbocycles. The molecule has 0 radical (unpaired) electrons.